The van der Waals surface area contributed by atoms with Crippen molar-refractivity contribution >= 4 is 11.8 Å². The molecule has 1 atom stereocenters. The molecule has 3 rings (SSSR count). The number of carbonyl (C=O) groups excluding carboxylic acids is 2. The van der Waals surface area contributed by atoms with Gasteiger partial charge in [0, 0.05) is 17.7 Å². The Labute approximate surface area is 111 Å². The number of Topliss-reactive ketones (excluding diaryl/α,β-unsaturated/α-hetero) is 1. The summed E-state index contributed by atoms with van der Waals surface area (Å²) in [5.41, 5.74) is 3.62. The smallest absolute Gasteiger partial charge is 0.319 e. The SMILES string of the molecule is Cc1ccccc1[C@@H]1NC(=O)NC2=C1C(=O)CCC2. The van der Waals surface area contributed by atoms with E-state index in [2.05, 4.69) is 10.6 Å². The minimum atomic E-state index is -0.308. The molecule has 0 fully saturated rings. The average Bonchev–Trinajstić information content (AvgIpc) is 2.38. The third kappa shape index (κ3) is 2.03. The lowest BCUT2D eigenvalue weighted by molar-refractivity contribution is -0.116. The maximum atomic E-state index is 12.2. The van der Waals surface area contributed by atoms with Gasteiger partial charge in [0.05, 0.1) is 6.04 Å². The predicted octanol–water partition coefficient (Wildman–Crippen LogP) is 2.36. The van der Waals surface area contributed by atoms with E-state index in [9.17, 15) is 9.59 Å². The summed E-state index contributed by atoms with van der Waals surface area (Å²) in [6, 6.07) is 7.33. The highest BCUT2D eigenvalue weighted by Gasteiger charge is 2.34. The van der Waals surface area contributed by atoms with E-state index in [-0.39, 0.29) is 17.9 Å². The summed E-state index contributed by atoms with van der Waals surface area (Å²) in [6.45, 7) is 2.00. The summed E-state index contributed by atoms with van der Waals surface area (Å²) in [4.78, 5) is 23.9. The highest BCUT2D eigenvalue weighted by Crippen LogP contribution is 2.34. The minimum absolute atomic E-state index is 0.141. The molecule has 0 spiro atoms. The first-order valence-electron chi connectivity index (χ1n) is 6.56. The molecule has 19 heavy (non-hydrogen) atoms. The Bertz CT molecular complexity index is 590. The molecule has 0 unspecified atom stereocenters. The number of nitrogens with one attached hydrogen (secondary N) is 2. The number of allylic oxidation sites excluding steroid dienone is 1. The van der Waals surface area contributed by atoms with Gasteiger partial charge in [-0.25, -0.2) is 4.79 Å². The Kier molecular flexibility index (Phi) is 2.85. The Morgan fingerprint density at radius 2 is 1.95 bits per heavy atom. The first kappa shape index (κ1) is 12.0. The summed E-state index contributed by atoms with van der Waals surface area (Å²) in [6.07, 6.45) is 2.16. The quantitative estimate of drug-likeness (QED) is 0.810. The van der Waals surface area contributed by atoms with Crippen molar-refractivity contribution in [2.45, 2.75) is 32.2 Å². The molecular weight excluding hydrogens is 240 g/mol. The summed E-state index contributed by atoms with van der Waals surface area (Å²) in [5.74, 6) is 0.141. The highest BCUT2D eigenvalue weighted by atomic mass is 16.2. The monoisotopic (exact) mass is 256 g/mol. The number of benzene rings is 1. The molecule has 4 heteroatoms. The Morgan fingerprint density at radius 1 is 1.16 bits per heavy atom. The zero-order valence-electron chi connectivity index (χ0n) is 10.8. The topological polar surface area (TPSA) is 58.2 Å². The summed E-state index contributed by atoms with van der Waals surface area (Å²) in [7, 11) is 0. The number of ketones is 1. The summed E-state index contributed by atoms with van der Waals surface area (Å²) < 4.78 is 0. The van der Waals surface area contributed by atoms with Gasteiger partial charge in [0.2, 0.25) is 0 Å². The van der Waals surface area contributed by atoms with Gasteiger partial charge in [-0.15, -0.1) is 0 Å². The second-order valence-electron chi connectivity index (χ2n) is 5.06. The molecule has 2 amide bonds. The van der Waals surface area contributed by atoms with Crippen LogP contribution in [-0.2, 0) is 4.79 Å². The first-order valence-corrected chi connectivity index (χ1v) is 6.56. The fourth-order valence-corrected chi connectivity index (χ4v) is 2.85. The fourth-order valence-electron chi connectivity index (χ4n) is 2.85. The molecule has 0 saturated carbocycles. The Morgan fingerprint density at radius 3 is 2.74 bits per heavy atom. The van der Waals surface area contributed by atoms with Gasteiger partial charge in [0.15, 0.2) is 5.78 Å². The molecule has 98 valence electrons. The normalized spacial score (nSPS) is 22.7. The number of hydrogen-bond acceptors (Lipinski definition) is 2. The van der Waals surface area contributed by atoms with Crippen LogP contribution in [0.5, 0.6) is 0 Å². The van der Waals surface area contributed by atoms with Crippen LogP contribution in [0.2, 0.25) is 0 Å². The Balaban J connectivity index is 2.11. The maximum Gasteiger partial charge on any atom is 0.319 e. The Hall–Kier alpha value is -2.10. The first-order chi connectivity index (χ1) is 9.16. The van der Waals surface area contributed by atoms with Gasteiger partial charge in [-0.2, -0.15) is 0 Å². The molecule has 2 N–H and O–H groups in total. The van der Waals surface area contributed by atoms with Gasteiger partial charge in [-0.3, -0.25) is 4.79 Å². The van der Waals surface area contributed by atoms with Crippen LogP contribution in [0, 0.1) is 6.92 Å². The van der Waals surface area contributed by atoms with Crippen LogP contribution in [0.15, 0.2) is 35.5 Å². The van der Waals surface area contributed by atoms with Crippen LogP contribution in [0.4, 0.5) is 4.79 Å². The lowest BCUT2D eigenvalue weighted by Gasteiger charge is -2.32. The standard InChI is InChI=1S/C15H16N2O2/c1-9-5-2-3-6-10(9)14-13-11(16-15(19)17-14)7-4-8-12(13)18/h2-3,5-6,14H,4,7-8H2,1H3,(H2,16,17,19)/t14-/m0/s1. The van der Waals surface area contributed by atoms with E-state index in [4.69, 9.17) is 0 Å². The van der Waals surface area contributed by atoms with Gasteiger partial charge in [-0.1, -0.05) is 24.3 Å². The molecule has 0 radical (unpaired) electrons. The van der Waals surface area contributed by atoms with Crippen molar-refractivity contribution in [3.05, 3.63) is 46.7 Å². The molecule has 2 aliphatic rings. The van der Waals surface area contributed by atoms with Gasteiger partial charge < -0.3 is 10.6 Å². The molecule has 1 aliphatic heterocycles. The van der Waals surface area contributed by atoms with Crippen LogP contribution in [0.1, 0.15) is 36.4 Å². The number of aryl methyl sites for hydroxylation is 1. The third-order valence-corrected chi connectivity index (χ3v) is 3.78. The van der Waals surface area contributed by atoms with Crippen molar-refractivity contribution in [1.82, 2.24) is 10.6 Å². The van der Waals surface area contributed by atoms with Gasteiger partial charge >= 0.3 is 6.03 Å². The van der Waals surface area contributed by atoms with Crippen molar-refractivity contribution in [3.63, 3.8) is 0 Å². The number of rotatable bonds is 1. The van der Waals surface area contributed by atoms with Crippen molar-refractivity contribution in [2.75, 3.05) is 0 Å². The molecule has 4 nitrogen and oxygen atoms in total. The zero-order valence-corrected chi connectivity index (χ0v) is 10.8. The number of carbonyl (C=O) groups is 2. The van der Waals surface area contributed by atoms with Gasteiger partial charge in [-0.05, 0) is 30.9 Å². The molecule has 0 bridgehead atoms. The summed E-state index contributed by atoms with van der Waals surface area (Å²) >= 11 is 0. The van der Waals surface area contributed by atoms with E-state index in [0.717, 1.165) is 35.2 Å². The molecule has 1 aliphatic carbocycles. The van der Waals surface area contributed by atoms with E-state index in [1.807, 2.05) is 31.2 Å². The van der Waals surface area contributed by atoms with Crippen LogP contribution in [0.3, 0.4) is 0 Å². The van der Waals surface area contributed by atoms with E-state index in [0.29, 0.717) is 6.42 Å². The fraction of sp³-hybridized carbons (Fsp3) is 0.333. The molecule has 1 aromatic rings. The van der Waals surface area contributed by atoms with Crippen molar-refractivity contribution < 1.29 is 9.59 Å². The maximum absolute atomic E-state index is 12.2. The van der Waals surface area contributed by atoms with Crippen molar-refractivity contribution in [1.29, 1.82) is 0 Å². The van der Waals surface area contributed by atoms with Gasteiger partial charge in [0.25, 0.3) is 0 Å². The largest absolute Gasteiger partial charge is 0.327 e. The molecular formula is C15H16N2O2. The summed E-state index contributed by atoms with van der Waals surface area (Å²) in [5, 5.41) is 5.65. The third-order valence-electron chi connectivity index (χ3n) is 3.78. The van der Waals surface area contributed by atoms with Crippen LogP contribution >= 0.6 is 0 Å². The van der Waals surface area contributed by atoms with Crippen LogP contribution in [-0.4, -0.2) is 11.8 Å². The molecule has 1 heterocycles. The van der Waals surface area contributed by atoms with Gasteiger partial charge in [0.1, 0.15) is 0 Å². The minimum Gasteiger partial charge on any atom is -0.327 e. The average molecular weight is 256 g/mol. The lowest BCUT2D eigenvalue weighted by atomic mass is 9.84. The number of hydrogen-bond donors (Lipinski definition) is 2. The lowest BCUT2D eigenvalue weighted by Crippen LogP contribution is -2.46. The van der Waals surface area contributed by atoms with Crippen LogP contribution in [0.25, 0.3) is 0 Å². The van der Waals surface area contributed by atoms with Crippen molar-refractivity contribution in [2.24, 2.45) is 0 Å². The molecule has 1 aromatic carbocycles. The number of amides is 2. The van der Waals surface area contributed by atoms with Crippen LogP contribution < -0.4 is 10.6 Å². The molecule has 0 saturated heterocycles. The zero-order chi connectivity index (χ0) is 13.4. The second kappa shape index (κ2) is 4.53. The van der Waals surface area contributed by atoms with E-state index in [1.54, 1.807) is 0 Å². The van der Waals surface area contributed by atoms with Crippen molar-refractivity contribution in [3.8, 4) is 0 Å². The highest BCUT2D eigenvalue weighted by molar-refractivity contribution is 6.01. The van der Waals surface area contributed by atoms with E-state index < -0.39 is 0 Å². The molecule has 0 aromatic heterocycles. The number of urea groups is 1. The predicted molar refractivity (Wildman–Crippen MR) is 71.5 cm³/mol. The van der Waals surface area contributed by atoms with E-state index >= 15 is 0 Å². The van der Waals surface area contributed by atoms with E-state index in [1.165, 1.54) is 0 Å². The second-order valence-corrected chi connectivity index (χ2v) is 5.06.